The van der Waals surface area contributed by atoms with Gasteiger partial charge in [-0.15, -0.1) is 0 Å². The number of ether oxygens (including phenoxy) is 1. The molecule has 0 radical (unpaired) electrons. The molecule has 0 aromatic heterocycles. The van der Waals surface area contributed by atoms with E-state index in [-0.39, 0.29) is 11.9 Å². The second-order valence-corrected chi connectivity index (χ2v) is 11.3. The van der Waals surface area contributed by atoms with Gasteiger partial charge in [0.15, 0.2) is 5.11 Å². The van der Waals surface area contributed by atoms with E-state index in [0.717, 1.165) is 12.0 Å². The number of nitrogens with zero attached hydrogens (tertiary/aromatic N) is 1. The summed E-state index contributed by atoms with van der Waals surface area (Å²) in [5.74, 6) is -0.166. The zero-order chi connectivity index (χ0) is 26.9. The van der Waals surface area contributed by atoms with Crippen LogP contribution < -0.4 is 14.9 Å². The van der Waals surface area contributed by atoms with Crippen LogP contribution in [-0.4, -0.2) is 39.5 Å². The fourth-order valence-electron chi connectivity index (χ4n) is 3.51. The van der Waals surface area contributed by atoms with Gasteiger partial charge in [-0.3, -0.25) is 13.7 Å². The number of benzene rings is 2. The van der Waals surface area contributed by atoms with Crippen molar-refractivity contribution in [2.24, 2.45) is 11.3 Å². The fraction of sp³-hybridized carbons (Fsp3) is 0.481. The number of esters is 1. The summed E-state index contributed by atoms with van der Waals surface area (Å²) >= 11 is 3.43. The zero-order valence-corrected chi connectivity index (χ0v) is 23.7. The molecule has 0 heterocycles. The van der Waals surface area contributed by atoms with Crippen molar-refractivity contribution in [3.05, 3.63) is 64.7 Å². The van der Waals surface area contributed by atoms with Crippen molar-refractivity contribution in [2.45, 2.75) is 54.5 Å². The van der Waals surface area contributed by atoms with Crippen molar-refractivity contribution in [3.63, 3.8) is 0 Å². The van der Waals surface area contributed by atoms with Crippen molar-refractivity contribution >= 4 is 40.3 Å². The average molecular weight is 534 g/mol. The van der Waals surface area contributed by atoms with Crippen molar-refractivity contribution in [3.8, 4) is 0 Å². The zero-order valence-electron chi connectivity index (χ0n) is 22.1. The molecular weight excluding hydrogens is 494 g/mol. The number of hydrogen-bond acceptors (Lipinski definition) is 4. The van der Waals surface area contributed by atoms with Crippen LogP contribution in [0.1, 0.15) is 49.9 Å². The Balaban J connectivity index is 1.94. The van der Waals surface area contributed by atoms with Crippen molar-refractivity contribution in [2.75, 3.05) is 24.0 Å². The first-order chi connectivity index (χ1) is 16.9. The monoisotopic (exact) mass is 533 g/mol. The van der Waals surface area contributed by atoms with Crippen LogP contribution in [0.25, 0.3) is 0 Å². The smallest absolute Gasteiger partial charge is 0.311 e. The van der Waals surface area contributed by atoms with E-state index in [9.17, 15) is 13.6 Å². The molecule has 0 fully saturated rings. The molecule has 9 heteroatoms. The van der Waals surface area contributed by atoms with E-state index < -0.39 is 16.7 Å². The van der Waals surface area contributed by atoms with Crippen LogP contribution in [-0.2, 0) is 33.8 Å². The molecule has 198 valence electrons. The molecule has 2 unspecified atom stereocenters. The molecule has 7 nitrogen and oxygen atoms in total. The van der Waals surface area contributed by atoms with Gasteiger partial charge < -0.3 is 15.4 Å². The van der Waals surface area contributed by atoms with Gasteiger partial charge in [0.2, 0.25) is 0 Å². The Morgan fingerprint density at radius 1 is 1.08 bits per heavy atom. The van der Waals surface area contributed by atoms with Gasteiger partial charge in [0, 0.05) is 25.6 Å². The number of carbonyl (C=O) groups is 1. The highest BCUT2D eigenvalue weighted by molar-refractivity contribution is 7.80. The van der Waals surface area contributed by atoms with Gasteiger partial charge in [-0.25, -0.2) is 4.21 Å². The Morgan fingerprint density at radius 2 is 1.72 bits per heavy atom. The van der Waals surface area contributed by atoms with Crippen LogP contribution in [0.3, 0.4) is 0 Å². The molecule has 2 rings (SSSR count). The first-order valence-electron chi connectivity index (χ1n) is 12.1. The highest BCUT2D eigenvalue weighted by atomic mass is 32.2. The van der Waals surface area contributed by atoms with E-state index in [2.05, 4.69) is 42.7 Å². The van der Waals surface area contributed by atoms with Crippen molar-refractivity contribution < 1.29 is 18.3 Å². The lowest BCUT2D eigenvalue weighted by Crippen LogP contribution is -2.39. The number of hydrogen-bond donors (Lipinski definition) is 3. The normalized spacial score (nSPS) is 13.0. The van der Waals surface area contributed by atoms with Crippen molar-refractivity contribution in [1.82, 2.24) is 10.6 Å². The number of rotatable bonds is 11. The van der Waals surface area contributed by atoms with Crippen LogP contribution in [0.2, 0.25) is 0 Å². The van der Waals surface area contributed by atoms with Gasteiger partial charge in [0.1, 0.15) is 0 Å². The molecule has 2 aromatic rings. The van der Waals surface area contributed by atoms with Gasteiger partial charge in [0.05, 0.1) is 17.7 Å². The molecule has 0 saturated carbocycles. The van der Waals surface area contributed by atoms with Crippen LogP contribution in [0.15, 0.2) is 42.5 Å². The highest BCUT2D eigenvalue weighted by Gasteiger charge is 2.24. The Labute approximate surface area is 223 Å². The lowest BCUT2D eigenvalue weighted by molar-refractivity contribution is -0.154. The second kappa shape index (κ2) is 13.7. The molecule has 2 atom stereocenters. The minimum absolute atomic E-state index is 0.0526. The van der Waals surface area contributed by atoms with Crippen LogP contribution >= 0.6 is 12.2 Å². The average Bonchev–Trinajstić information content (AvgIpc) is 2.82. The maximum atomic E-state index is 12.3. The standard InChI is InChI=1S/C27H39N3O4S2/c1-7-30(36(32)33)24-12-10-21(11-13-24)16-28-26(35)29-17-23(18-34-25(31)27(4,5)6)15-22-9-8-19(2)20(3)14-22/h8-14,23H,7,15-18H2,1-6H3,(H,32,33)(H2,28,29,35). The summed E-state index contributed by atoms with van der Waals surface area (Å²) in [5.41, 5.74) is 4.81. The maximum Gasteiger partial charge on any atom is 0.311 e. The SMILES string of the molecule is CCN(c1ccc(CNC(=S)NCC(COC(=O)C(C)(C)C)Cc2ccc(C)c(C)c2)cc1)S(=O)O. The first kappa shape index (κ1) is 29.7. The van der Waals surface area contributed by atoms with Gasteiger partial charge >= 0.3 is 5.97 Å². The van der Waals surface area contributed by atoms with Gasteiger partial charge in [-0.05, 0) is 94.6 Å². The second-order valence-electron chi connectivity index (χ2n) is 9.99. The van der Waals surface area contributed by atoms with E-state index in [1.54, 1.807) is 0 Å². The highest BCUT2D eigenvalue weighted by Crippen LogP contribution is 2.19. The van der Waals surface area contributed by atoms with E-state index in [4.69, 9.17) is 17.0 Å². The third-order valence-electron chi connectivity index (χ3n) is 5.86. The number of anilines is 1. The number of thiocarbonyl (C=S) groups is 1. The predicted octanol–water partition coefficient (Wildman–Crippen LogP) is 4.68. The fourth-order valence-corrected chi connectivity index (χ4v) is 4.19. The number of aryl methyl sites for hydroxylation is 2. The summed E-state index contributed by atoms with van der Waals surface area (Å²) in [4.78, 5) is 12.3. The van der Waals surface area contributed by atoms with Gasteiger partial charge in [-0.2, -0.15) is 0 Å². The molecule has 0 aliphatic heterocycles. The summed E-state index contributed by atoms with van der Waals surface area (Å²) in [7, 11) is 0. The maximum absolute atomic E-state index is 12.3. The molecule has 0 spiro atoms. The molecule has 36 heavy (non-hydrogen) atoms. The van der Waals surface area contributed by atoms with Crippen LogP contribution in [0.5, 0.6) is 0 Å². The predicted molar refractivity (Wildman–Crippen MR) is 151 cm³/mol. The van der Waals surface area contributed by atoms with E-state index in [1.165, 1.54) is 21.0 Å². The Hall–Kier alpha value is -2.49. The summed E-state index contributed by atoms with van der Waals surface area (Å²) in [6.07, 6.45) is 0.760. The third-order valence-corrected chi connectivity index (χ3v) is 7.00. The first-order valence-corrected chi connectivity index (χ1v) is 13.6. The molecule has 0 aliphatic rings. The molecule has 3 N–H and O–H groups in total. The minimum atomic E-state index is -2.05. The van der Waals surface area contributed by atoms with Crippen LogP contribution in [0, 0.1) is 25.2 Å². The minimum Gasteiger partial charge on any atom is -0.465 e. The Bertz CT molecular complexity index is 1050. The summed E-state index contributed by atoms with van der Waals surface area (Å²) in [6, 6.07) is 13.8. The lowest BCUT2D eigenvalue weighted by Gasteiger charge is -2.22. The Kier molecular flexibility index (Phi) is 11.3. The lowest BCUT2D eigenvalue weighted by atomic mass is 9.96. The summed E-state index contributed by atoms with van der Waals surface area (Å²) in [6.45, 7) is 13.4. The summed E-state index contributed by atoms with van der Waals surface area (Å²) in [5, 5.41) is 6.97. The molecule has 0 bridgehead atoms. The van der Waals surface area contributed by atoms with E-state index >= 15 is 0 Å². The van der Waals surface area contributed by atoms with E-state index in [0.29, 0.717) is 37.0 Å². The molecular formula is C27H39N3O4S2. The quantitative estimate of drug-likeness (QED) is 0.220. The number of carbonyl (C=O) groups excluding carboxylic acids is 1. The molecule has 0 saturated heterocycles. The number of nitrogens with one attached hydrogen (secondary N) is 2. The molecule has 0 amide bonds. The largest absolute Gasteiger partial charge is 0.465 e. The third kappa shape index (κ3) is 9.52. The Morgan fingerprint density at radius 3 is 2.28 bits per heavy atom. The van der Waals surface area contributed by atoms with Gasteiger partial charge in [0.25, 0.3) is 11.3 Å². The molecule has 2 aromatic carbocycles. The molecule has 0 aliphatic carbocycles. The summed E-state index contributed by atoms with van der Waals surface area (Å²) < 4.78 is 27.8. The van der Waals surface area contributed by atoms with Crippen molar-refractivity contribution in [1.29, 1.82) is 0 Å². The van der Waals surface area contributed by atoms with Crippen LogP contribution in [0.4, 0.5) is 5.69 Å². The van der Waals surface area contributed by atoms with E-state index in [1.807, 2.05) is 52.0 Å². The topological polar surface area (TPSA) is 90.9 Å². The van der Waals surface area contributed by atoms with Gasteiger partial charge in [-0.1, -0.05) is 30.3 Å².